The number of ether oxygens (including phenoxy) is 1. The number of hydrazine groups is 1. The summed E-state index contributed by atoms with van der Waals surface area (Å²) in [6.45, 7) is 2.50. The predicted octanol–water partition coefficient (Wildman–Crippen LogP) is 3.35. The molecule has 178 valence electrons. The molecule has 1 aliphatic rings. The Hall–Kier alpha value is -3.50. The van der Waals surface area contributed by atoms with E-state index in [1.165, 1.54) is 24.5 Å². The zero-order chi connectivity index (χ0) is 24.1. The average molecular weight is 506 g/mol. The number of benzene rings is 2. The van der Waals surface area contributed by atoms with E-state index in [2.05, 4.69) is 25.7 Å². The van der Waals surface area contributed by atoms with Crippen LogP contribution in [0.5, 0.6) is 5.75 Å². The highest BCUT2D eigenvalue weighted by atomic mass is 35.5. The summed E-state index contributed by atoms with van der Waals surface area (Å²) >= 11 is 11.9. The van der Waals surface area contributed by atoms with E-state index in [-0.39, 0.29) is 18.2 Å². The Bertz CT molecular complexity index is 1160. The predicted molar refractivity (Wildman–Crippen MR) is 131 cm³/mol. The molecule has 1 amide bonds. The lowest BCUT2D eigenvalue weighted by Crippen LogP contribution is -2.47. The molecule has 0 bridgehead atoms. The lowest BCUT2D eigenvalue weighted by Gasteiger charge is -2.37. The molecular weight excluding hydrogens is 484 g/mol. The number of halogens is 3. The molecule has 1 fully saturated rings. The summed E-state index contributed by atoms with van der Waals surface area (Å²) in [5, 5.41) is 0.771. The fourth-order valence-electron chi connectivity index (χ4n) is 3.47. The number of nitrogens with zero attached hydrogens (tertiary/aromatic N) is 4. The topological polar surface area (TPSA) is 109 Å². The molecule has 3 aromatic rings. The van der Waals surface area contributed by atoms with E-state index >= 15 is 0 Å². The van der Waals surface area contributed by atoms with Crippen molar-refractivity contribution in [3.8, 4) is 5.75 Å². The van der Waals surface area contributed by atoms with E-state index in [1.807, 2.05) is 4.90 Å². The van der Waals surface area contributed by atoms with Crippen LogP contribution in [-0.4, -0.2) is 48.7 Å². The Labute approximate surface area is 205 Å². The monoisotopic (exact) mass is 505 g/mol. The zero-order valence-electron chi connectivity index (χ0n) is 18.0. The Morgan fingerprint density at radius 2 is 1.76 bits per heavy atom. The largest absolute Gasteiger partial charge is 0.482 e. The second kappa shape index (κ2) is 10.6. The van der Waals surface area contributed by atoms with Gasteiger partial charge in [0.15, 0.2) is 18.2 Å². The van der Waals surface area contributed by atoms with Crippen LogP contribution < -0.4 is 31.1 Å². The first-order chi connectivity index (χ1) is 16.4. The number of hydrogen-bond acceptors (Lipinski definition) is 8. The van der Waals surface area contributed by atoms with E-state index < -0.39 is 5.91 Å². The van der Waals surface area contributed by atoms with Crippen molar-refractivity contribution < 1.29 is 13.9 Å². The first-order valence-corrected chi connectivity index (χ1v) is 11.1. The van der Waals surface area contributed by atoms with Gasteiger partial charge in [-0.2, -0.15) is 0 Å². The van der Waals surface area contributed by atoms with E-state index in [0.717, 1.165) is 18.8 Å². The molecular formula is C22H22Cl2FN7O2. The summed E-state index contributed by atoms with van der Waals surface area (Å²) < 4.78 is 18.6. The number of nitrogens with two attached hydrogens (primary N) is 1. The second-order valence-corrected chi connectivity index (χ2v) is 8.29. The molecule has 4 N–H and O–H groups in total. The Balaban J connectivity index is 1.31. The average Bonchev–Trinajstić information content (AvgIpc) is 2.83. The van der Waals surface area contributed by atoms with Gasteiger partial charge in [-0.05, 0) is 42.5 Å². The molecule has 0 saturated carbocycles. The summed E-state index contributed by atoms with van der Waals surface area (Å²) in [7, 11) is 0. The van der Waals surface area contributed by atoms with Gasteiger partial charge < -0.3 is 20.3 Å². The van der Waals surface area contributed by atoms with Crippen LogP contribution in [0.25, 0.3) is 0 Å². The van der Waals surface area contributed by atoms with Crippen molar-refractivity contribution in [1.29, 1.82) is 0 Å². The number of carbonyl (C=O) groups is 1. The fourth-order valence-corrected chi connectivity index (χ4v) is 3.93. The minimum Gasteiger partial charge on any atom is -0.482 e. The normalized spacial score (nSPS) is 13.5. The third-order valence-electron chi connectivity index (χ3n) is 5.21. The Kier molecular flexibility index (Phi) is 7.39. The Morgan fingerprint density at radius 1 is 1.06 bits per heavy atom. The van der Waals surface area contributed by atoms with E-state index in [4.69, 9.17) is 33.7 Å². The van der Waals surface area contributed by atoms with Crippen molar-refractivity contribution in [2.45, 2.75) is 0 Å². The number of piperazine rings is 1. The van der Waals surface area contributed by atoms with Gasteiger partial charge >= 0.3 is 0 Å². The molecule has 2 heterocycles. The van der Waals surface area contributed by atoms with Gasteiger partial charge in [-0.1, -0.05) is 23.2 Å². The maximum Gasteiger partial charge on any atom is 0.276 e. The number of anilines is 4. The molecule has 0 spiro atoms. The molecule has 4 rings (SSSR count). The minimum atomic E-state index is -0.460. The molecule has 0 atom stereocenters. The number of rotatable bonds is 7. The molecule has 1 aromatic heterocycles. The minimum absolute atomic E-state index is 0.261. The highest BCUT2D eigenvalue weighted by Crippen LogP contribution is 2.28. The maximum absolute atomic E-state index is 13.2. The lowest BCUT2D eigenvalue weighted by molar-refractivity contribution is -0.122. The number of nitrogens with one attached hydrogen (secondary N) is 2. The van der Waals surface area contributed by atoms with Crippen molar-refractivity contribution in [2.24, 2.45) is 0 Å². The first kappa shape index (κ1) is 23.7. The van der Waals surface area contributed by atoms with Crippen LogP contribution in [-0.2, 0) is 4.79 Å². The highest BCUT2D eigenvalue weighted by Gasteiger charge is 2.22. The van der Waals surface area contributed by atoms with Crippen LogP contribution in [0.4, 0.5) is 27.4 Å². The first-order valence-electron chi connectivity index (χ1n) is 10.4. The van der Waals surface area contributed by atoms with Crippen molar-refractivity contribution in [1.82, 2.24) is 15.4 Å². The number of hydrogen-bond donors (Lipinski definition) is 3. The fraction of sp³-hybridized carbons (Fsp3) is 0.227. The highest BCUT2D eigenvalue weighted by molar-refractivity contribution is 6.35. The molecule has 34 heavy (non-hydrogen) atoms. The zero-order valence-corrected chi connectivity index (χ0v) is 19.5. The van der Waals surface area contributed by atoms with Crippen LogP contribution in [0, 0.1) is 5.82 Å². The smallest absolute Gasteiger partial charge is 0.276 e. The molecule has 1 saturated heterocycles. The van der Waals surface area contributed by atoms with Gasteiger partial charge in [0.1, 0.15) is 23.6 Å². The molecule has 12 heteroatoms. The summed E-state index contributed by atoms with van der Waals surface area (Å²) in [5.74, 6) is 0.450. The third kappa shape index (κ3) is 5.70. The molecule has 0 unspecified atom stereocenters. The molecule has 0 aliphatic carbocycles. The van der Waals surface area contributed by atoms with Gasteiger partial charge in [-0.25, -0.2) is 14.4 Å². The second-order valence-electron chi connectivity index (χ2n) is 7.45. The summed E-state index contributed by atoms with van der Waals surface area (Å²) in [5.41, 5.74) is 12.7. The molecule has 1 aliphatic heterocycles. The van der Waals surface area contributed by atoms with Crippen LogP contribution in [0.15, 0.2) is 48.8 Å². The van der Waals surface area contributed by atoms with Crippen molar-refractivity contribution in [2.75, 3.05) is 53.7 Å². The molecule has 0 radical (unpaired) electrons. The van der Waals surface area contributed by atoms with Crippen LogP contribution in [0.1, 0.15) is 0 Å². The number of nitrogen functional groups attached to an aromatic ring is 1. The number of amides is 1. The van der Waals surface area contributed by atoms with E-state index in [1.54, 1.807) is 24.3 Å². The summed E-state index contributed by atoms with van der Waals surface area (Å²) in [4.78, 5) is 24.8. The summed E-state index contributed by atoms with van der Waals surface area (Å²) in [6, 6.07) is 11.1. The quantitative estimate of drug-likeness (QED) is 0.419. The SMILES string of the molecule is Nc1c(NNC(=O)COc2ccc(Cl)cc2Cl)ncnc1N1CCN(c2ccc(F)cc2)CC1. The third-order valence-corrected chi connectivity index (χ3v) is 5.74. The molecule has 2 aromatic carbocycles. The van der Waals surface area contributed by atoms with Gasteiger partial charge in [0.05, 0.1) is 5.02 Å². The van der Waals surface area contributed by atoms with E-state index in [0.29, 0.717) is 40.4 Å². The van der Waals surface area contributed by atoms with Gasteiger partial charge in [0, 0.05) is 36.9 Å². The van der Waals surface area contributed by atoms with Crippen molar-refractivity contribution >= 4 is 52.1 Å². The standard InChI is InChI=1S/C22H22Cl2FN7O2/c23-14-1-6-18(17(24)11-14)34-12-19(33)29-30-21-20(26)22(28-13-27-21)32-9-7-31(8-10-32)16-4-2-15(25)3-5-16/h1-6,11,13H,7-10,12,26H2,(H,29,33)(H,27,28,30). The van der Waals surface area contributed by atoms with Crippen LogP contribution in [0.3, 0.4) is 0 Å². The van der Waals surface area contributed by atoms with Crippen LogP contribution >= 0.6 is 23.2 Å². The van der Waals surface area contributed by atoms with Crippen molar-refractivity contribution in [3.05, 3.63) is 64.7 Å². The molecule has 9 nitrogen and oxygen atoms in total. The van der Waals surface area contributed by atoms with E-state index in [9.17, 15) is 9.18 Å². The summed E-state index contributed by atoms with van der Waals surface area (Å²) in [6.07, 6.45) is 1.37. The van der Waals surface area contributed by atoms with Gasteiger partial charge in [0.2, 0.25) is 0 Å². The van der Waals surface area contributed by atoms with Gasteiger partial charge in [0.25, 0.3) is 5.91 Å². The maximum atomic E-state index is 13.2. The Morgan fingerprint density at radius 3 is 2.47 bits per heavy atom. The van der Waals surface area contributed by atoms with Gasteiger partial charge in [-0.15, -0.1) is 0 Å². The van der Waals surface area contributed by atoms with Crippen molar-refractivity contribution in [3.63, 3.8) is 0 Å². The number of aromatic nitrogens is 2. The van der Waals surface area contributed by atoms with Crippen LogP contribution in [0.2, 0.25) is 10.0 Å². The van der Waals surface area contributed by atoms with Gasteiger partial charge in [-0.3, -0.25) is 15.6 Å². The lowest BCUT2D eigenvalue weighted by atomic mass is 10.2. The number of carbonyl (C=O) groups excluding carboxylic acids is 1.